The van der Waals surface area contributed by atoms with Gasteiger partial charge >= 0.3 is 5.97 Å². The van der Waals surface area contributed by atoms with Gasteiger partial charge in [-0.25, -0.2) is 13.4 Å². The number of fused-ring (bicyclic) bond motifs is 1. The molecular weight excluding hydrogens is 410 g/mol. The van der Waals surface area contributed by atoms with Crippen LogP contribution in [-0.2, 0) is 20.2 Å². The number of sulfone groups is 1. The highest BCUT2D eigenvalue weighted by atomic mass is 32.2. The number of para-hydroxylation sites is 1. The van der Waals surface area contributed by atoms with E-state index in [0.29, 0.717) is 12.8 Å². The summed E-state index contributed by atoms with van der Waals surface area (Å²) in [7, 11) is -3.04. The lowest BCUT2D eigenvalue weighted by Crippen LogP contribution is -2.31. The summed E-state index contributed by atoms with van der Waals surface area (Å²) < 4.78 is 26.6. The summed E-state index contributed by atoms with van der Waals surface area (Å²) in [6.45, 7) is 1.90. The van der Waals surface area contributed by atoms with Crippen LogP contribution in [0.1, 0.15) is 36.8 Å². The zero-order valence-corrected chi connectivity index (χ0v) is 17.5. The number of benzene rings is 1. The van der Waals surface area contributed by atoms with Crippen LogP contribution in [0.15, 0.2) is 36.7 Å². The Labute approximate surface area is 172 Å². The monoisotopic (exact) mass is 431 g/mol. The van der Waals surface area contributed by atoms with Gasteiger partial charge in [0, 0.05) is 18.2 Å². The van der Waals surface area contributed by atoms with Crippen molar-refractivity contribution < 1.29 is 18.3 Å². The number of allylic oxidation sites excluding steroid dienone is 1. The molecule has 1 fully saturated rings. The minimum atomic E-state index is -3.04. The first-order chi connectivity index (χ1) is 13.7. The van der Waals surface area contributed by atoms with Gasteiger partial charge in [0.15, 0.2) is 9.84 Å². The van der Waals surface area contributed by atoms with E-state index in [0.717, 1.165) is 26.4 Å². The Morgan fingerprint density at radius 2 is 2.14 bits per heavy atom. The first-order valence-electron chi connectivity index (χ1n) is 9.28. The maximum Gasteiger partial charge on any atom is 0.303 e. The number of thiazole rings is 1. The third kappa shape index (κ3) is 4.25. The normalized spacial score (nSPS) is 21.6. The number of hydrogen-bond acceptors (Lipinski definition) is 6. The smallest absolute Gasteiger partial charge is 0.303 e. The highest BCUT2D eigenvalue weighted by molar-refractivity contribution is 7.91. The van der Waals surface area contributed by atoms with Gasteiger partial charge in [0.1, 0.15) is 5.01 Å². The van der Waals surface area contributed by atoms with Gasteiger partial charge in [0.2, 0.25) is 0 Å². The summed E-state index contributed by atoms with van der Waals surface area (Å²) in [6.07, 6.45) is 6.30. The van der Waals surface area contributed by atoms with Crippen LogP contribution in [0.25, 0.3) is 21.9 Å². The standard InChI is InChI=1S/C20H21N3O4S2/c1-20(8-9-29(26,27)13-20)23-12-14(11-21-23)10-15(6-7-18(24)25)19-22-16-4-2-3-5-17(16)28-19/h2-5,10-12H,6-9,13H2,1H3,(H,24,25). The first kappa shape index (κ1) is 19.8. The van der Waals surface area contributed by atoms with Crippen molar-refractivity contribution in [3.8, 4) is 0 Å². The van der Waals surface area contributed by atoms with Crippen molar-refractivity contribution in [1.82, 2.24) is 14.8 Å². The van der Waals surface area contributed by atoms with Crippen molar-refractivity contribution in [2.24, 2.45) is 0 Å². The van der Waals surface area contributed by atoms with E-state index in [-0.39, 0.29) is 17.9 Å². The van der Waals surface area contributed by atoms with E-state index in [1.165, 1.54) is 11.3 Å². The number of carboxylic acids is 1. The van der Waals surface area contributed by atoms with Gasteiger partial charge in [-0.15, -0.1) is 11.3 Å². The molecule has 3 heterocycles. The number of nitrogens with zero attached hydrogens (tertiary/aromatic N) is 3. The number of hydrogen-bond donors (Lipinski definition) is 1. The quantitative estimate of drug-likeness (QED) is 0.641. The summed E-state index contributed by atoms with van der Waals surface area (Å²) >= 11 is 1.53. The molecule has 9 heteroatoms. The molecule has 0 bridgehead atoms. The van der Waals surface area contributed by atoms with Crippen molar-refractivity contribution in [2.45, 2.75) is 31.7 Å². The van der Waals surface area contributed by atoms with Gasteiger partial charge in [-0.1, -0.05) is 12.1 Å². The Morgan fingerprint density at radius 1 is 1.34 bits per heavy atom. The predicted molar refractivity (Wildman–Crippen MR) is 114 cm³/mol. The van der Waals surface area contributed by atoms with E-state index >= 15 is 0 Å². The molecule has 7 nitrogen and oxygen atoms in total. The topological polar surface area (TPSA) is 102 Å². The average Bonchev–Trinajstić information content (AvgIpc) is 3.36. The van der Waals surface area contributed by atoms with E-state index in [2.05, 4.69) is 10.1 Å². The predicted octanol–water partition coefficient (Wildman–Crippen LogP) is 3.43. The molecule has 1 aliphatic rings. The van der Waals surface area contributed by atoms with Crippen molar-refractivity contribution in [3.63, 3.8) is 0 Å². The highest BCUT2D eigenvalue weighted by Gasteiger charge is 2.40. The van der Waals surface area contributed by atoms with Crippen LogP contribution in [0.2, 0.25) is 0 Å². The molecule has 29 heavy (non-hydrogen) atoms. The summed E-state index contributed by atoms with van der Waals surface area (Å²) in [4.78, 5) is 15.8. The SMILES string of the molecule is CC1(n2cc(C=C(CCC(=O)O)c3nc4ccccc4s3)cn2)CCS(=O)(=O)C1. The molecule has 1 N–H and O–H groups in total. The van der Waals surface area contributed by atoms with Crippen molar-refractivity contribution in [2.75, 3.05) is 11.5 Å². The molecule has 0 amide bonds. The fourth-order valence-electron chi connectivity index (χ4n) is 3.57. The fourth-order valence-corrected chi connectivity index (χ4v) is 6.70. The molecule has 2 aromatic heterocycles. The second-order valence-electron chi connectivity index (χ2n) is 7.61. The molecule has 152 valence electrons. The van der Waals surface area contributed by atoms with Gasteiger partial charge in [-0.3, -0.25) is 9.48 Å². The minimum absolute atomic E-state index is 0.00581. The molecule has 4 rings (SSSR count). The Morgan fingerprint density at radius 3 is 2.83 bits per heavy atom. The molecule has 0 aliphatic carbocycles. The minimum Gasteiger partial charge on any atom is -0.481 e. The molecule has 0 saturated carbocycles. The van der Waals surface area contributed by atoms with Crippen LogP contribution in [0, 0.1) is 0 Å². The number of carbonyl (C=O) groups is 1. The maximum absolute atomic E-state index is 11.9. The summed E-state index contributed by atoms with van der Waals surface area (Å²) in [5, 5.41) is 14.3. The number of aromatic nitrogens is 3. The van der Waals surface area contributed by atoms with Crippen LogP contribution in [0.3, 0.4) is 0 Å². The van der Waals surface area contributed by atoms with Crippen LogP contribution in [0.4, 0.5) is 0 Å². The largest absolute Gasteiger partial charge is 0.481 e. The van der Waals surface area contributed by atoms with Crippen molar-refractivity contribution in [3.05, 3.63) is 47.2 Å². The summed E-state index contributed by atoms with van der Waals surface area (Å²) in [5.41, 5.74) is 1.96. The molecule has 1 aromatic carbocycles. The lowest BCUT2D eigenvalue weighted by atomic mass is 10.0. The molecule has 0 radical (unpaired) electrons. The van der Waals surface area contributed by atoms with Crippen LogP contribution >= 0.6 is 11.3 Å². The van der Waals surface area contributed by atoms with Crippen LogP contribution < -0.4 is 0 Å². The molecule has 1 atom stereocenters. The number of rotatable bonds is 6. The van der Waals surface area contributed by atoms with Gasteiger partial charge in [0.25, 0.3) is 0 Å². The molecule has 1 aliphatic heterocycles. The van der Waals surface area contributed by atoms with Crippen molar-refractivity contribution >= 4 is 49.0 Å². The summed E-state index contributed by atoms with van der Waals surface area (Å²) in [5.74, 6) is -0.616. The fraction of sp³-hybridized carbons (Fsp3) is 0.350. The van der Waals surface area contributed by atoms with E-state index < -0.39 is 21.3 Å². The second-order valence-corrected chi connectivity index (χ2v) is 10.8. The van der Waals surface area contributed by atoms with E-state index in [4.69, 9.17) is 5.11 Å². The van der Waals surface area contributed by atoms with Gasteiger partial charge in [-0.2, -0.15) is 5.10 Å². The number of aliphatic carboxylic acids is 1. The Hall–Kier alpha value is -2.52. The molecular formula is C20H21N3O4S2. The number of carboxylic acid groups (broad SMARTS) is 1. The summed E-state index contributed by atoms with van der Waals surface area (Å²) in [6, 6.07) is 7.80. The van der Waals surface area contributed by atoms with Crippen LogP contribution in [0.5, 0.6) is 0 Å². The average molecular weight is 432 g/mol. The van der Waals surface area contributed by atoms with Crippen LogP contribution in [-0.4, -0.2) is 45.8 Å². The Kier molecular flexibility index (Phi) is 5.04. The second kappa shape index (κ2) is 7.38. The Bertz CT molecular complexity index is 1180. The third-order valence-corrected chi connectivity index (χ3v) is 8.16. The van der Waals surface area contributed by atoms with E-state index in [9.17, 15) is 13.2 Å². The van der Waals surface area contributed by atoms with Crippen molar-refractivity contribution in [1.29, 1.82) is 0 Å². The maximum atomic E-state index is 11.9. The highest BCUT2D eigenvalue weighted by Crippen LogP contribution is 2.33. The first-order valence-corrected chi connectivity index (χ1v) is 11.9. The molecule has 3 aromatic rings. The molecule has 1 saturated heterocycles. The van der Waals surface area contributed by atoms with Gasteiger partial charge in [-0.05, 0) is 43.5 Å². The zero-order chi connectivity index (χ0) is 20.6. The van der Waals surface area contributed by atoms with E-state index in [1.54, 1.807) is 10.9 Å². The van der Waals surface area contributed by atoms with Gasteiger partial charge in [0.05, 0.1) is 33.5 Å². The third-order valence-electron chi connectivity index (χ3n) is 5.16. The molecule has 0 spiro atoms. The lowest BCUT2D eigenvalue weighted by molar-refractivity contribution is -0.136. The van der Waals surface area contributed by atoms with Gasteiger partial charge < -0.3 is 5.11 Å². The lowest BCUT2D eigenvalue weighted by Gasteiger charge is -2.22. The van der Waals surface area contributed by atoms with E-state index in [1.807, 2.05) is 43.5 Å². The zero-order valence-electron chi connectivity index (χ0n) is 15.9. The Balaban J connectivity index is 1.68. The molecule has 1 unspecified atom stereocenters.